The molecule has 2 bridgehead atoms. The number of likely N-dealkylation sites (tertiary alicyclic amines) is 1. The van der Waals surface area contributed by atoms with E-state index in [1.807, 2.05) is 18.7 Å². The van der Waals surface area contributed by atoms with Crippen LogP contribution in [0.1, 0.15) is 52.1 Å². The molecule has 0 spiro atoms. The van der Waals surface area contributed by atoms with Crippen LogP contribution >= 0.6 is 15.9 Å². The average molecular weight is 420 g/mol. The van der Waals surface area contributed by atoms with E-state index in [1.54, 1.807) is 6.20 Å². The second kappa shape index (κ2) is 5.52. The second-order valence-corrected chi connectivity index (χ2v) is 10.2. The number of aromatic nitrogens is 1. The highest BCUT2D eigenvalue weighted by molar-refractivity contribution is 9.10. The molecule has 1 saturated carbocycles. The number of ether oxygens (including phenoxy) is 1. The molecule has 6 heteroatoms. The fourth-order valence-electron chi connectivity index (χ4n) is 5.42. The van der Waals surface area contributed by atoms with Gasteiger partial charge >= 0.3 is 0 Å². The van der Waals surface area contributed by atoms with Crippen LogP contribution in [0.2, 0.25) is 0 Å². The summed E-state index contributed by atoms with van der Waals surface area (Å²) in [6.45, 7) is 8.44. The topological polar surface area (TPSA) is 45.7 Å². The molecule has 0 aromatic carbocycles. The van der Waals surface area contributed by atoms with E-state index in [9.17, 15) is 4.79 Å². The molecular formula is C20H26BrN3O2. The Morgan fingerprint density at radius 1 is 1.19 bits per heavy atom. The molecule has 26 heavy (non-hydrogen) atoms. The molecule has 1 amide bonds. The number of hydrogen-bond donors (Lipinski definition) is 0. The highest BCUT2D eigenvalue weighted by atomic mass is 79.9. The van der Waals surface area contributed by atoms with Crippen LogP contribution in [0, 0.1) is 0 Å². The van der Waals surface area contributed by atoms with E-state index in [2.05, 4.69) is 38.8 Å². The summed E-state index contributed by atoms with van der Waals surface area (Å²) in [4.78, 5) is 22.4. The summed E-state index contributed by atoms with van der Waals surface area (Å²) in [5, 5.41) is 0. The van der Waals surface area contributed by atoms with Gasteiger partial charge < -0.3 is 9.64 Å². The molecule has 0 radical (unpaired) electrons. The number of carbonyl (C=O) groups is 1. The van der Waals surface area contributed by atoms with Gasteiger partial charge in [-0.2, -0.15) is 0 Å². The molecule has 2 unspecified atom stereocenters. The minimum atomic E-state index is -0.542. The smallest absolute Gasteiger partial charge is 0.239 e. The van der Waals surface area contributed by atoms with Crippen LogP contribution in [0.5, 0.6) is 0 Å². The third-order valence-corrected chi connectivity index (χ3v) is 7.40. The van der Waals surface area contributed by atoms with Crippen LogP contribution in [-0.2, 0) is 14.9 Å². The number of carbonyl (C=O) groups excluding carboxylic acids is 1. The molecule has 5 rings (SSSR count). The summed E-state index contributed by atoms with van der Waals surface area (Å²) in [6, 6.07) is 2.32. The number of amides is 1. The Hall–Kier alpha value is -0.980. The first-order valence-electron chi connectivity index (χ1n) is 9.68. The number of morpholine rings is 1. The molecule has 1 aliphatic carbocycles. The SMILES string of the molecule is CC1(C)C(=O)N([C@H]2C[C@@](C)(N3CC4CCC(C3)O4)C2)c2cc(Br)cnc21. The summed E-state index contributed by atoms with van der Waals surface area (Å²) in [7, 11) is 0. The first-order chi connectivity index (χ1) is 12.3. The van der Waals surface area contributed by atoms with Gasteiger partial charge in [0.25, 0.3) is 0 Å². The first kappa shape index (κ1) is 17.1. The summed E-state index contributed by atoms with van der Waals surface area (Å²) >= 11 is 3.52. The van der Waals surface area contributed by atoms with Gasteiger partial charge in [-0.05, 0) is 68.5 Å². The Labute approximate surface area is 163 Å². The van der Waals surface area contributed by atoms with E-state index in [0.29, 0.717) is 12.2 Å². The van der Waals surface area contributed by atoms with Gasteiger partial charge in [0.1, 0.15) is 0 Å². The lowest BCUT2D eigenvalue weighted by molar-refractivity contribution is -0.125. The van der Waals surface area contributed by atoms with Crippen molar-refractivity contribution in [3.63, 3.8) is 0 Å². The van der Waals surface area contributed by atoms with Gasteiger partial charge in [-0.1, -0.05) is 0 Å². The molecule has 2 saturated heterocycles. The Kier molecular flexibility index (Phi) is 3.64. The number of hydrogen-bond acceptors (Lipinski definition) is 4. The monoisotopic (exact) mass is 419 g/mol. The lowest BCUT2D eigenvalue weighted by Gasteiger charge is -2.56. The molecule has 4 aliphatic rings. The third kappa shape index (κ3) is 2.34. The predicted molar refractivity (Wildman–Crippen MR) is 103 cm³/mol. The van der Waals surface area contributed by atoms with Crippen molar-refractivity contribution in [3.05, 3.63) is 22.4 Å². The fourth-order valence-corrected chi connectivity index (χ4v) is 5.74. The van der Waals surface area contributed by atoms with Crippen LogP contribution < -0.4 is 4.90 Å². The lowest BCUT2D eigenvalue weighted by Crippen LogP contribution is -2.66. The molecule has 5 nitrogen and oxygen atoms in total. The Bertz CT molecular complexity index is 762. The van der Waals surface area contributed by atoms with Gasteiger partial charge in [0.05, 0.1) is 29.0 Å². The van der Waals surface area contributed by atoms with Crippen molar-refractivity contribution in [1.29, 1.82) is 0 Å². The van der Waals surface area contributed by atoms with E-state index < -0.39 is 5.41 Å². The molecule has 0 N–H and O–H groups in total. The summed E-state index contributed by atoms with van der Waals surface area (Å²) < 4.78 is 6.93. The standard InChI is InChI=1S/C20H26BrN3O2/c1-19(2)17-16(6-12(21)9-22-17)24(18(19)25)13-7-20(3,8-13)23-10-14-4-5-15(11-23)26-14/h6,9,13-15H,4-5,7-8,10-11H2,1-3H3/t13-,14?,15?,20+. The van der Waals surface area contributed by atoms with Crippen molar-refractivity contribution in [2.24, 2.45) is 0 Å². The van der Waals surface area contributed by atoms with Gasteiger partial charge in [0, 0.05) is 35.3 Å². The Balaban J connectivity index is 1.38. The largest absolute Gasteiger partial charge is 0.372 e. The molecule has 1 aromatic rings. The molecule has 2 atom stereocenters. The lowest BCUT2D eigenvalue weighted by atomic mass is 9.71. The number of nitrogens with zero attached hydrogens (tertiary/aromatic N) is 3. The normalized spacial score (nSPS) is 38.4. The summed E-state index contributed by atoms with van der Waals surface area (Å²) in [5.74, 6) is 0.187. The molecule has 3 aliphatic heterocycles. The van der Waals surface area contributed by atoms with Crippen LogP contribution in [0.4, 0.5) is 5.69 Å². The number of rotatable bonds is 2. The second-order valence-electron chi connectivity index (χ2n) is 9.24. The maximum Gasteiger partial charge on any atom is 0.239 e. The van der Waals surface area contributed by atoms with Gasteiger partial charge in [-0.3, -0.25) is 14.7 Å². The Morgan fingerprint density at radius 3 is 2.50 bits per heavy atom. The van der Waals surface area contributed by atoms with E-state index in [4.69, 9.17) is 4.74 Å². The van der Waals surface area contributed by atoms with E-state index in [1.165, 1.54) is 12.8 Å². The van der Waals surface area contributed by atoms with Crippen LogP contribution in [0.3, 0.4) is 0 Å². The minimum absolute atomic E-state index is 0.182. The molecule has 1 aromatic heterocycles. The van der Waals surface area contributed by atoms with Crippen LogP contribution in [0.25, 0.3) is 0 Å². The van der Waals surface area contributed by atoms with Gasteiger partial charge in [-0.25, -0.2) is 0 Å². The average Bonchev–Trinajstić information content (AvgIpc) is 2.99. The number of fused-ring (bicyclic) bond motifs is 3. The van der Waals surface area contributed by atoms with E-state index in [-0.39, 0.29) is 17.5 Å². The highest BCUT2D eigenvalue weighted by Gasteiger charge is 2.55. The minimum Gasteiger partial charge on any atom is -0.372 e. The summed E-state index contributed by atoms with van der Waals surface area (Å²) in [6.07, 6.45) is 7.08. The summed E-state index contributed by atoms with van der Waals surface area (Å²) in [5.41, 5.74) is 1.54. The van der Waals surface area contributed by atoms with Gasteiger partial charge in [-0.15, -0.1) is 0 Å². The zero-order valence-electron chi connectivity index (χ0n) is 15.7. The number of halogens is 1. The van der Waals surface area contributed by atoms with Crippen molar-refractivity contribution >= 4 is 27.5 Å². The van der Waals surface area contributed by atoms with E-state index >= 15 is 0 Å². The Morgan fingerprint density at radius 2 is 1.85 bits per heavy atom. The molecule has 3 fully saturated rings. The number of pyridine rings is 1. The quantitative estimate of drug-likeness (QED) is 0.737. The molecule has 4 heterocycles. The maximum atomic E-state index is 13.2. The van der Waals surface area contributed by atoms with Gasteiger partial charge in [0.2, 0.25) is 5.91 Å². The van der Waals surface area contributed by atoms with Crippen molar-refractivity contribution in [3.8, 4) is 0 Å². The zero-order chi connectivity index (χ0) is 18.3. The van der Waals surface area contributed by atoms with Crippen molar-refractivity contribution in [2.75, 3.05) is 18.0 Å². The predicted octanol–water partition coefficient (Wildman–Crippen LogP) is 3.25. The van der Waals surface area contributed by atoms with Crippen molar-refractivity contribution < 1.29 is 9.53 Å². The molecule has 140 valence electrons. The maximum absolute atomic E-state index is 13.2. The first-order valence-corrected chi connectivity index (χ1v) is 10.5. The number of anilines is 1. The van der Waals surface area contributed by atoms with Crippen LogP contribution in [0.15, 0.2) is 16.7 Å². The third-order valence-electron chi connectivity index (χ3n) is 6.96. The van der Waals surface area contributed by atoms with Crippen LogP contribution in [-0.4, -0.2) is 52.7 Å². The molecular weight excluding hydrogens is 394 g/mol. The van der Waals surface area contributed by atoms with Gasteiger partial charge in [0.15, 0.2) is 0 Å². The zero-order valence-corrected chi connectivity index (χ0v) is 17.3. The van der Waals surface area contributed by atoms with Crippen molar-refractivity contribution in [2.45, 2.75) is 75.7 Å². The van der Waals surface area contributed by atoms with Crippen molar-refractivity contribution in [1.82, 2.24) is 9.88 Å². The highest BCUT2D eigenvalue weighted by Crippen LogP contribution is 2.49. The van der Waals surface area contributed by atoms with E-state index in [0.717, 1.165) is 41.8 Å². The fraction of sp³-hybridized carbons (Fsp3) is 0.700.